The van der Waals surface area contributed by atoms with Crippen LogP contribution in [0.1, 0.15) is 17.5 Å². The van der Waals surface area contributed by atoms with Crippen molar-refractivity contribution in [3.05, 3.63) is 53.6 Å². The van der Waals surface area contributed by atoms with Crippen molar-refractivity contribution in [2.45, 2.75) is 19.4 Å². The largest absolute Gasteiger partial charge is 0.249 e. The van der Waals surface area contributed by atoms with Gasteiger partial charge in [-0.1, -0.05) is 35.9 Å². The van der Waals surface area contributed by atoms with Crippen molar-refractivity contribution in [1.29, 1.82) is 0 Å². The van der Waals surface area contributed by atoms with Crippen molar-refractivity contribution in [1.82, 2.24) is 14.8 Å². The van der Waals surface area contributed by atoms with Crippen LogP contribution in [0.25, 0.3) is 5.03 Å². The molecular formula is C13H12ClN3. The highest BCUT2D eigenvalue weighted by Gasteiger charge is 2.17. The lowest BCUT2D eigenvalue weighted by atomic mass is 9.92. The lowest BCUT2D eigenvalue weighted by Crippen LogP contribution is -2.08. The number of rotatable bonds is 2. The Balaban J connectivity index is 1.96. The molecule has 0 N–H and O–H groups in total. The highest BCUT2D eigenvalue weighted by atomic mass is 35.5. The van der Waals surface area contributed by atoms with Gasteiger partial charge in [-0.05, 0) is 29.5 Å². The van der Waals surface area contributed by atoms with Crippen molar-refractivity contribution in [2.75, 3.05) is 0 Å². The molecule has 0 amide bonds. The van der Waals surface area contributed by atoms with Crippen LogP contribution in [0.2, 0.25) is 0 Å². The zero-order valence-corrected chi connectivity index (χ0v) is 10.1. The van der Waals surface area contributed by atoms with Crippen LogP contribution < -0.4 is 0 Å². The highest BCUT2D eigenvalue weighted by Crippen LogP contribution is 2.34. The Bertz CT molecular complexity index is 558. The van der Waals surface area contributed by atoms with E-state index in [1.54, 1.807) is 12.7 Å². The maximum atomic E-state index is 6.45. The average molecular weight is 246 g/mol. The minimum absolute atomic E-state index is 0.729. The number of fused-ring (bicyclic) bond motifs is 1. The van der Waals surface area contributed by atoms with Crippen LogP contribution in [-0.2, 0) is 13.0 Å². The molecule has 0 aliphatic heterocycles. The van der Waals surface area contributed by atoms with Crippen LogP contribution in [0.3, 0.4) is 0 Å². The van der Waals surface area contributed by atoms with Crippen molar-refractivity contribution < 1.29 is 0 Å². The Labute approximate surface area is 105 Å². The molecule has 3 nitrogen and oxygen atoms in total. The number of nitrogens with zero attached hydrogens (tertiary/aromatic N) is 3. The smallest absolute Gasteiger partial charge is 0.137 e. The molecule has 3 rings (SSSR count). The summed E-state index contributed by atoms with van der Waals surface area (Å²) in [5.41, 5.74) is 3.73. The SMILES string of the molecule is ClC1=C(Cn2cncn2)CCc2ccccc21. The van der Waals surface area contributed by atoms with Gasteiger partial charge in [0.1, 0.15) is 12.7 Å². The molecule has 1 aromatic carbocycles. The van der Waals surface area contributed by atoms with Gasteiger partial charge in [-0.3, -0.25) is 0 Å². The fourth-order valence-corrected chi connectivity index (χ4v) is 2.54. The first-order valence-corrected chi connectivity index (χ1v) is 6.00. The zero-order chi connectivity index (χ0) is 11.7. The van der Waals surface area contributed by atoms with Gasteiger partial charge < -0.3 is 0 Å². The Morgan fingerprint density at radius 3 is 2.94 bits per heavy atom. The second-order valence-electron chi connectivity index (χ2n) is 4.17. The molecule has 1 aromatic heterocycles. The van der Waals surface area contributed by atoms with Gasteiger partial charge in [0.05, 0.1) is 6.54 Å². The van der Waals surface area contributed by atoms with E-state index in [0.29, 0.717) is 0 Å². The maximum absolute atomic E-state index is 6.45. The first kappa shape index (κ1) is 10.5. The molecule has 0 fully saturated rings. The monoisotopic (exact) mass is 245 g/mol. The van der Waals surface area contributed by atoms with Crippen molar-refractivity contribution >= 4 is 16.6 Å². The van der Waals surface area contributed by atoms with Crippen molar-refractivity contribution in [2.24, 2.45) is 0 Å². The number of benzene rings is 1. The number of halogens is 1. The third-order valence-electron chi connectivity index (χ3n) is 3.08. The van der Waals surface area contributed by atoms with E-state index < -0.39 is 0 Å². The minimum atomic E-state index is 0.729. The molecule has 1 aliphatic rings. The lowest BCUT2D eigenvalue weighted by molar-refractivity contribution is 0.652. The number of aromatic nitrogens is 3. The summed E-state index contributed by atoms with van der Waals surface area (Å²) >= 11 is 6.45. The van der Waals surface area contributed by atoms with Crippen LogP contribution >= 0.6 is 11.6 Å². The molecular weight excluding hydrogens is 234 g/mol. The van der Waals surface area contributed by atoms with Gasteiger partial charge in [-0.2, -0.15) is 5.10 Å². The van der Waals surface area contributed by atoms with Crippen molar-refractivity contribution in [3.8, 4) is 0 Å². The van der Waals surface area contributed by atoms with Crippen LogP contribution in [0.5, 0.6) is 0 Å². The summed E-state index contributed by atoms with van der Waals surface area (Å²) < 4.78 is 1.81. The summed E-state index contributed by atoms with van der Waals surface area (Å²) in [5.74, 6) is 0. The van der Waals surface area contributed by atoms with Gasteiger partial charge in [-0.15, -0.1) is 0 Å². The molecule has 0 bridgehead atoms. The summed E-state index contributed by atoms with van der Waals surface area (Å²) in [4.78, 5) is 3.94. The number of hydrogen-bond donors (Lipinski definition) is 0. The number of aryl methyl sites for hydroxylation is 1. The average Bonchev–Trinajstić information content (AvgIpc) is 2.86. The lowest BCUT2D eigenvalue weighted by Gasteiger charge is -2.19. The minimum Gasteiger partial charge on any atom is -0.249 e. The van der Waals surface area contributed by atoms with E-state index in [1.807, 2.05) is 10.7 Å². The topological polar surface area (TPSA) is 30.7 Å². The standard InChI is InChI=1S/C13H12ClN3/c14-13-11(7-17-9-15-8-16-17)6-5-10-3-1-2-4-12(10)13/h1-4,8-9H,5-7H2. The predicted octanol–water partition coefficient (Wildman–Crippen LogP) is 2.87. The summed E-state index contributed by atoms with van der Waals surface area (Å²) in [6, 6.07) is 8.31. The fourth-order valence-electron chi connectivity index (χ4n) is 2.20. The van der Waals surface area contributed by atoms with E-state index in [2.05, 4.69) is 28.3 Å². The molecule has 0 saturated carbocycles. The predicted molar refractivity (Wildman–Crippen MR) is 67.6 cm³/mol. The van der Waals surface area contributed by atoms with E-state index >= 15 is 0 Å². The quantitative estimate of drug-likeness (QED) is 0.815. The molecule has 1 heterocycles. The van der Waals surface area contributed by atoms with E-state index in [4.69, 9.17) is 11.6 Å². The molecule has 1 aliphatic carbocycles. The molecule has 4 heteroatoms. The Hall–Kier alpha value is -1.61. The van der Waals surface area contributed by atoms with Crippen LogP contribution in [-0.4, -0.2) is 14.8 Å². The molecule has 0 radical (unpaired) electrons. The Morgan fingerprint density at radius 2 is 2.12 bits per heavy atom. The fraction of sp³-hybridized carbons (Fsp3) is 0.231. The van der Waals surface area contributed by atoms with Crippen LogP contribution in [0, 0.1) is 0 Å². The van der Waals surface area contributed by atoms with Gasteiger partial charge in [0, 0.05) is 5.03 Å². The summed E-state index contributed by atoms with van der Waals surface area (Å²) in [6.45, 7) is 0.729. The second-order valence-corrected chi connectivity index (χ2v) is 4.55. The second kappa shape index (κ2) is 4.34. The highest BCUT2D eigenvalue weighted by molar-refractivity contribution is 6.49. The molecule has 17 heavy (non-hydrogen) atoms. The normalized spacial score (nSPS) is 14.9. The van der Waals surface area contributed by atoms with Gasteiger partial charge in [-0.25, -0.2) is 9.67 Å². The van der Waals surface area contributed by atoms with E-state index in [1.165, 1.54) is 11.1 Å². The van der Waals surface area contributed by atoms with Gasteiger partial charge in [0.2, 0.25) is 0 Å². The molecule has 0 atom stereocenters. The Morgan fingerprint density at radius 1 is 1.24 bits per heavy atom. The van der Waals surface area contributed by atoms with Gasteiger partial charge >= 0.3 is 0 Å². The van der Waals surface area contributed by atoms with Crippen molar-refractivity contribution in [3.63, 3.8) is 0 Å². The molecule has 2 aromatic rings. The summed E-state index contributed by atoms with van der Waals surface area (Å²) in [5, 5.41) is 4.99. The number of allylic oxidation sites excluding steroid dienone is 1. The maximum Gasteiger partial charge on any atom is 0.137 e. The van der Waals surface area contributed by atoms with Crippen LogP contribution in [0.4, 0.5) is 0 Å². The first-order valence-electron chi connectivity index (χ1n) is 5.63. The zero-order valence-electron chi connectivity index (χ0n) is 9.31. The van der Waals surface area contributed by atoms with E-state index in [0.717, 1.165) is 30.0 Å². The number of hydrogen-bond acceptors (Lipinski definition) is 2. The summed E-state index contributed by atoms with van der Waals surface area (Å²) in [7, 11) is 0. The molecule has 0 unspecified atom stereocenters. The Kier molecular flexibility index (Phi) is 2.69. The van der Waals surface area contributed by atoms with E-state index in [-0.39, 0.29) is 0 Å². The summed E-state index contributed by atoms with van der Waals surface area (Å²) in [6.07, 6.45) is 5.31. The molecule has 0 spiro atoms. The van der Waals surface area contributed by atoms with Gasteiger partial charge in [0.25, 0.3) is 0 Å². The third kappa shape index (κ3) is 1.98. The van der Waals surface area contributed by atoms with Gasteiger partial charge in [0.15, 0.2) is 0 Å². The van der Waals surface area contributed by atoms with E-state index in [9.17, 15) is 0 Å². The third-order valence-corrected chi connectivity index (χ3v) is 3.55. The molecule has 86 valence electrons. The van der Waals surface area contributed by atoms with Crippen LogP contribution in [0.15, 0.2) is 42.5 Å². The first-order chi connectivity index (χ1) is 8.34. The molecule has 0 saturated heterocycles.